The quantitative estimate of drug-likeness (QED) is 0.828. The third kappa shape index (κ3) is 5.22. The molecule has 0 aliphatic carbocycles. The van der Waals surface area contributed by atoms with Gasteiger partial charge in [0.05, 0.1) is 6.26 Å². The van der Waals surface area contributed by atoms with E-state index < -0.39 is 21.7 Å². The zero-order valence-corrected chi connectivity index (χ0v) is 12.2. The summed E-state index contributed by atoms with van der Waals surface area (Å²) < 4.78 is 29.2. The lowest BCUT2D eigenvalue weighted by molar-refractivity contribution is 0.0520. The molecule has 0 aromatic carbocycles. The minimum absolute atomic E-state index is 0.159. The topological polar surface area (TPSA) is 75.7 Å². The molecule has 0 aromatic rings. The van der Waals surface area contributed by atoms with Crippen LogP contribution in [0.1, 0.15) is 27.2 Å². The highest BCUT2D eigenvalue weighted by Gasteiger charge is 2.29. The molecule has 18 heavy (non-hydrogen) atoms. The number of hydrogen-bond donors (Lipinski definition) is 1. The fraction of sp³-hybridized carbons (Fsp3) is 0.909. The molecule has 6 nitrogen and oxygen atoms in total. The van der Waals surface area contributed by atoms with E-state index in [9.17, 15) is 13.2 Å². The maximum atomic E-state index is 11.4. The molecule has 1 unspecified atom stereocenters. The van der Waals surface area contributed by atoms with Gasteiger partial charge in [-0.15, -0.1) is 0 Å². The Kier molecular flexibility index (Phi) is 4.61. The van der Waals surface area contributed by atoms with E-state index in [0.29, 0.717) is 19.6 Å². The Balaban J connectivity index is 2.32. The number of nitrogens with one attached hydrogen (secondary N) is 1. The molecule has 0 radical (unpaired) electrons. The molecule has 1 heterocycles. The second-order valence-corrected chi connectivity index (χ2v) is 7.64. The lowest BCUT2D eigenvalue weighted by Crippen LogP contribution is -2.36. The van der Waals surface area contributed by atoms with Crippen LogP contribution in [0.3, 0.4) is 0 Å². The van der Waals surface area contributed by atoms with E-state index in [2.05, 4.69) is 5.32 Å². The molecule has 1 N–H and O–H groups in total. The molecule has 7 heteroatoms. The summed E-state index contributed by atoms with van der Waals surface area (Å²) in [4.78, 5) is 11.4. The highest BCUT2D eigenvalue weighted by atomic mass is 32.2. The first-order valence-electron chi connectivity index (χ1n) is 6.00. The maximum absolute atomic E-state index is 11.4. The monoisotopic (exact) mass is 278 g/mol. The summed E-state index contributed by atoms with van der Waals surface area (Å²) in [6, 6.07) is 0. The van der Waals surface area contributed by atoms with Gasteiger partial charge in [-0.1, -0.05) is 0 Å². The first-order chi connectivity index (χ1) is 8.08. The SMILES string of the molecule is CC(C)(C)OC(=O)NCC1CCN(S(C)(=O)=O)C1. The van der Waals surface area contributed by atoms with Gasteiger partial charge in [0.2, 0.25) is 10.0 Å². The number of rotatable bonds is 3. The van der Waals surface area contributed by atoms with Gasteiger partial charge < -0.3 is 10.1 Å². The van der Waals surface area contributed by atoms with Crippen LogP contribution in [0, 0.1) is 5.92 Å². The minimum atomic E-state index is -3.11. The van der Waals surface area contributed by atoms with Crippen LogP contribution in [0.5, 0.6) is 0 Å². The number of ether oxygens (including phenoxy) is 1. The molecule has 0 aromatic heterocycles. The number of hydrogen-bond acceptors (Lipinski definition) is 4. The summed E-state index contributed by atoms with van der Waals surface area (Å²) in [5.41, 5.74) is -0.515. The van der Waals surface area contributed by atoms with Gasteiger partial charge in [-0.25, -0.2) is 17.5 Å². The Bertz CT molecular complexity index is 400. The van der Waals surface area contributed by atoms with Crippen LogP contribution >= 0.6 is 0 Å². The number of sulfonamides is 1. The van der Waals surface area contributed by atoms with Crippen molar-refractivity contribution in [1.29, 1.82) is 0 Å². The minimum Gasteiger partial charge on any atom is -0.444 e. The molecular formula is C11H22N2O4S. The van der Waals surface area contributed by atoms with Gasteiger partial charge in [-0.2, -0.15) is 0 Å². The van der Waals surface area contributed by atoms with Gasteiger partial charge in [-0.3, -0.25) is 0 Å². The predicted octanol–water partition coefficient (Wildman–Crippen LogP) is 0.793. The Hall–Kier alpha value is -0.820. The van der Waals surface area contributed by atoms with Crippen molar-refractivity contribution in [3.8, 4) is 0 Å². The molecular weight excluding hydrogens is 256 g/mol. The average Bonchev–Trinajstić information content (AvgIpc) is 2.59. The summed E-state index contributed by atoms with van der Waals surface area (Å²) in [6.45, 7) is 6.84. The number of carbonyl (C=O) groups is 1. The molecule has 0 saturated carbocycles. The van der Waals surface area contributed by atoms with Gasteiger partial charge in [-0.05, 0) is 33.1 Å². The summed E-state index contributed by atoms with van der Waals surface area (Å²) in [6.07, 6.45) is 1.51. The summed E-state index contributed by atoms with van der Waals surface area (Å²) in [7, 11) is -3.11. The number of amides is 1. The average molecular weight is 278 g/mol. The lowest BCUT2D eigenvalue weighted by Gasteiger charge is -2.20. The molecule has 1 fully saturated rings. The summed E-state index contributed by atoms with van der Waals surface area (Å²) in [5.74, 6) is 0.159. The van der Waals surface area contributed by atoms with E-state index in [0.717, 1.165) is 6.42 Å². The number of carbonyl (C=O) groups excluding carboxylic acids is 1. The third-order valence-corrected chi connectivity index (χ3v) is 3.92. The van der Waals surface area contributed by atoms with Crippen LogP contribution in [0.25, 0.3) is 0 Å². The molecule has 1 amide bonds. The van der Waals surface area contributed by atoms with E-state index >= 15 is 0 Å². The highest BCUT2D eigenvalue weighted by Crippen LogP contribution is 2.18. The second-order valence-electron chi connectivity index (χ2n) is 5.66. The Morgan fingerprint density at radius 2 is 2.06 bits per heavy atom. The van der Waals surface area contributed by atoms with Gasteiger partial charge in [0, 0.05) is 19.6 Å². The third-order valence-electron chi connectivity index (χ3n) is 2.65. The van der Waals surface area contributed by atoms with E-state index in [1.54, 1.807) is 20.8 Å². The van der Waals surface area contributed by atoms with Crippen molar-refractivity contribution in [2.45, 2.75) is 32.8 Å². The molecule has 0 bridgehead atoms. The van der Waals surface area contributed by atoms with E-state index in [1.807, 2.05) is 0 Å². The van der Waals surface area contributed by atoms with Crippen molar-refractivity contribution in [2.24, 2.45) is 5.92 Å². The maximum Gasteiger partial charge on any atom is 0.407 e. The van der Waals surface area contributed by atoms with Crippen LogP contribution in [0.15, 0.2) is 0 Å². The van der Waals surface area contributed by atoms with Crippen molar-refractivity contribution < 1.29 is 17.9 Å². The van der Waals surface area contributed by atoms with Crippen LogP contribution in [-0.2, 0) is 14.8 Å². The first-order valence-corrected chi connectivity index (χ1v) is 7.85. The molecule has 1 rings (SSSR count). The predicted molar refractivity (Wildman–Crippen MR) is 68.8 cm³/mol. The smallest absolute Gasteiger partial charge is 0.407 e. The fourth-order valence-corrected chi connectivity index (χ4v) is 2.73. The zero-order chi connectivity index (χ0) is 14.0. The van der Waals surface area contributed by atoms with Crippen molar-refractivity contribution >= 4 is 16.1 Å². The van der Waals surface area contributed by atoms with Gasteiger partial charge in [0.25, 0.3) is 0 Å². The normalized spacial score (nSPS) is 21.9. The summed E-state index contributed by atoms with van der Waals surface area (Å²) >= 11 is 0. The molecule has 1 saturated heterocycles. The molecule has 106 valence electrons. The largest absolute Gasteiger partial charge is 0.444 e. The van der Waals surface area contributed by atoms with Crippen molar-refractivity contribution in [2.75, 3.05) is 25.9 Å². The van der Waals surface area contributed by atoms with Crippen molar-refractivity contribution in [1.82, 2.24) is 9.62 Å². The highest BCUT2D eigenvalue weighted by molar-refractivity contribution is 7.88. The Morgan fingerprint density at radius 3 is 2.50 bits per heavy atom. The zero-order valence-electron chi connectivity index (χ0n) is 11.4. The van der Waals surface area contributed by atoms with Gasteiger partial charge in [0.15, 0.2) is 0 Å². The first kappa shape index (κ1) is 15.2. The fourth-order valence-electron chi connectivity index (χ4n) is 1.81. The van der Waals surface area contributed by atoms with E-state index in [-0.39, 0.29) is 5.92 Å². The van der Waals surface area contributed by atoms with Crippen LogP contribution in [0.2, 0.25) is 0 Å². The van der Waals surface area contributed by atoms with Crippen LogP contribution in [-0.4, -0.2) is 50.3 Å². The van der Waals surface area contributed by atoms with Gasteiger partial charge >= 0.3 is 6.09 Å². The molecule has 0 spiro atoms. The number of nitrogens with zero attached hydrogens (tertiary/aromatic N) is 1. The Morgan fingerprint density at radius 1 is 1.44 bits per heavy atom. The number of alkyl carbamates (subject to hydrolysis) is 1. The van der Waals surface area contributed by atoms with Gasteiger partial charge in [0.1, 0.15) is 5.60 Å². The van der Waals surface area contributed by atoms with Crippen LogP contribution in [0.4, 0.5) is 4.79 Å². The lowest BCUT2D eigenvalue weighted by atomic mass is 10.1. The standard InChI is InChI=1S/C11H22N2O4S/c1-11(2,3)17-10(14)12-7-9-5-6-13(8-9)18(4,15)16/h9H,5-8H2,1-4H3,(H,12,14). The summed E-state index contributed by atoms with van der Waals surface area (Å²) in [5, 5.41) is 2.67. The molecule has 1 atom stereocenters. The second kappa shape index (κ2) is 5.44. The van der Waals surface area contributed by atoms with E-state index in [1.165, 1.54) is 10.6 Å². The Labute approximate surface area is 109 Å². The molecule has 1 aliphatic rings. The van der Waals surface area contributed by atoms with Crippen LogP contribution < -0.4 is 5.32 Å². The molecule has 1 aliphatic heterocycles. The van der Waals surface area contributed by atoms with Crippen molar-refractivity contribution in [3.05, 3.63) is 0 Å². The van der Waals surface area contributed by atoms with Crippen molar-refractivity contribution in [3.63, 3.8) is 0 Å². The van der Waals surface area contributed by atoms with E-state index in [4.69, 9.17) is 4.74 Å².